The summed E-state index contributed by atoms with van der Waals surface area (Å²) in [6.07, 6.45) is 19.3. The molecule has 0 spiro atoms. The molecule has 0 radical (unpaired) electrons. The second kappa shape index (κ2) is 11.2. The number of hydrogen-bond acceptors (Lipinski definition) is 0. The Labute approximate surface area is 253 Å². The lowest BCUT2D eigenvalue weighted by atomic mass is 9.51. The van der Waals surface area contributed by atoms with E-state index in [9.17, 15) is 0 Å². The summed E-state index contributed by atoms with van der Waals surface area (Å²) in [5, 5.41) is 2.85. The van der Waals surface area contributed by atoms with Crippen molar-refractivity contribution < 1.29 is 0 Å². The third-order valence-electron chi connectivity index (χ3n) is 13.6. The van der Waals surface area contributed by atoms with Crippen molar-refractivity contribution in [2.75, 3.05) is 0 Å². The van der Waals surface area contributed by atoms with E-state index < -0.39 is 0 Å². The number of rotatable bonds is 6. The molecular formula is C41H60. The lowest BCUT2D eigenvalue weighted by molar-refractivity contribution is 0.0208. The van der Waals surface area contributed by atoms with E-state index in [1.807, 2.05) is 0 Å². The van der Waals surface area contributed by atoms with Crippen molar-refractivity contribution in [1.29, 1.82) is 0 Å². The van der Waals surface area contributed by atoms with Crippen LogP contribution in [0, 0.1) is 58.2 Å². The predicted molar refractivity (Wildman–Crippen MR) is 178 cm³/mol. The first-order chi connectivity index (χ1) is 19.5. The summed E-state index contributed by atoms with van der Waals surface area (Å²) < 4.78 is 0. The van der Waals surface area contributed by atoms with Crippen LogP contribution >= 0.6 is 0 Å². The van der Waals surface area contributed by atoms with Gasteiger partial charge in [-0.3, -0.25) is 0 Å². The van der Waals surface area contributed by atoms with Gasteiger partial charge in [0.05, 0.1) is 0 Å². The van der Waals surface area contributed by atoms with E-state index in [0.717, 1.165) is 53.8 Å². The number of hydrogen-bond donors (Lipinski definition) is 0. The van der Waals surface area contributed by atoms with E-state index in [2.05, 4.69) is 96.7 Å². The topological polar surface area (TPSA) is 0 Å². The van der Waals surface area contributed by atoms with Gasteiger partial charge in [0.1, 0.15) is 0 Å². The third kappa shape index (κ3) is 5.27. The van der Waals surface area contributed by atoms with Crippen molar-refractivity contribution in [2.24, 2.45) is 58.2 Å². The minimum Gasteiger partial charge on any atom is -0.103 e. The van der Waals surface area contributed by atoms with Crippen molar-refractivity contribution in [3.05, 3.63) is 60.7 Å². The maximum atomic E-state index is 4.31. The molecule has 2 aromatic rings. The van der Waals surface area contributed by atoms with Gasteiger partial charge in [-0.2, -0.15) is 0 Å². The Morgan fingerprint density at radius 3 is 1.76 bits per heavy atom. The summed E-state index contributed by atoms with van der Waals surface area (Å²) in [7, 11) is 0. The molecule has 0 heteroatoms. The van der Waals surface area contributed by atoms with Gasteiger partial charge in [-0.05, 0) is 139 Å². The van der Waals surface area contributed by atoms with E-state index in [4.69, 9.17) is 0 Å². The molecule has 0 saturated heterocycles. The van der Waals surface area contributed by atoms with Gasteiger partial charge in [-0.1, -0.05) is 103 Å². The van der Waals surface area contributed by atoms with Gasteiger partial charge >= 0.3 is 0 Å². The smallest absolute Gasteiger partial charge is 0.00181 e. The van der Waals surface area contributed by atoms with Gasteiger partial charge in [-0.15, -0.1) is 6.58 Å². The first kappa shape index (κ1) is 29.5. The number of allylic oxidation sites excluding steroid dienone is 1. The molecule has 41 heavy (non-hydrogen) atoms. The summed E-state index contributed by atoms with van der Waals surface area (Å²) in [5.74, 6) is 7.04. The minimum atomic E-state index is 0.274. The second-order valence-corrected chi connectivity index (χ2v) is 17.3. The maximum Gasteiger partial charge on any atom is 0.00181 e. The zero-order chi connectivity index (χ0) is 29.0. The van der Waals surface area contributed by atoms with Crippen molar-refractivity contribution in [1.82, 2.24) is 0 Å². The Hall–Kier alpha value is -1.56. The highest BCUT2D eigenvalue weighted by molar-refractivity contribution is 5.83. The monoisotopic (exact) mass is 552 g/mol. The first-order valence-corrected chi connectivity index (χ1v) is 17.6. The molecule has 2 aromatic carbocycles. The lowest BCUT2D eigenvalue weighted by Gasteiger charge is -2.53. The van der Waals surface area contributed by atoms with Crippen molar-refractivity contribution in [3.8, 4) is 0 Å². The van der Waals surface area contributed by atoms with E-state index in [1.165, 1.54) is 81.4 Å². The molecule has 0 aliphatic heterocycles. The van der Waals surface area contributed by atoms with E-state index in [-0.39, 0.29) is 5.41 Å². The third-order valence-corrected chi connectivity index (χ3v) is 13.6. The van der Waals surface area contributed by atoms with Crippen LogP contribution in [0.4, 0.5) is 0 Å². The summed E-state index contributed by atoms with van der Waals surface area (Å²) in [6.45, 7) is 19.5. The highest BCUT2D eigenvalue weighted by Crippen LogP contribution is 2.68. The van der Waals surface area contributed by atoms with E-state index in [1.54, 1.807) is 5.56 Å². The van der Waals surface area contributed by atoms with Crippen LogP contribution < -0.4 is 0 Å². The molecule has 4 fully saturated rings. The van der Waals surface area contributed by atoms with Crippen LogP contribution in [0.3, 0.4) is 0 Å². The van der Waals surface area contributed by atoms with Gasteiger partial charge in [-0.25, -0.2) is 0 Å². The van der Waals surface area contributed by atoms with Gasteiger partial charge in [0.25, 0.3) is 0 Å². The van der Waals surface area contributed by atoms with Crippen LogP contribution in [0.1, 0.15) is 124 Å². The average molecular weight is 553 g/mol. The van der Waals surface area contributed by atoms with E-state index in [0.29, 0.717) is 10.8 Å². The van der Waals surface area contributed by atoms with Crippen LogP contribution in [-0.4, -0.2) is 0 Å². The first-order valence-electron chi connectivity index (χ1n) is 17.6. The van der Waals surface area contributed by atoms with Gasteiger partial charge < -0.3 is 0 Å². The summed E-state index contributed by atoms with van der Waals surface area (Å²) in [5.41, 5.74) is 2.80. The fraction of sp³-hybridized carbons (Fsp3) is 0.707. The van der Waals surface area contributed by atoms with Gasteiger partial charge in [0, 0.05) is 5.41 Å². The SMILES string of the molecule is C=CCCC(c1ccc2ccccc2c1)(C1CCCC1)C1C2CC(C(C)(C)C)CCC2C2CCC(C(C)(C)C)CC21. The van der Waals surface area contributed by atoms with Crippen LogP contribution in [0.5, 0.6) is 0 Å². The van der Waals surface area contributed by atoms with Crippen LogP contribution in [0.15, 0.2) is 55.1 Å². The van der Waals surface area contributed by atoms with Gasteiger partial charge in [0.15, 0.2) is 0 Å². The Bertz CT molecular complexity index is 1160. The normalized spacial score (nSPS) is 34.2. The fourth-order valence-electron chi connectivity index (χ4n) is 11.5. The molecular weight excluding hydrogens is 492 g/mol. The fourth-order valence-corrected chi connectivity index (χ4v) is 11.5. The zero-order valence-electron chi connectivity index (χ0n) is 27.4. The van der Waals surface area contributed by atoms with Gasteiger partial charge in [0.2, 0.25) is 0 Å². The molecule has 7 unspecified atom stereocenters. The molecule has 0 nitrogen and oxygen atoms in total. The molecule has 0 bridgehead atoms. The van der Waals surface area contributed by atoms with Crippen molar-refractivity contribution in [3.63, 3.8) is 0 Å². The molecule has 4 aliphatic rings. The Balaban J connectivity index is 1.55. The molecule has 7 atom stereocenters. The number of fused-ring (bicyclic) bond motifs is 4. The maximum absolute atomic E-state index is 4.31. The van der Waals surface area contributed by atoms with Crippen molar-refractivity contribution >= 4 is 10.8 Å². The Morgan fingerprint density at radius 2 is 1.22 bits per heavy atom. The highest BCUT2D eigenvalue weighted by Gasteiger charge is 2.62. The molecule has 4 aliphatic carbocycles. The molecule has 0 amide bonds. The summed E-state index contributed by atoms with van der Waals surface area (Å²) >= 11 is 0. The largest absolute Gasteiger partial charge is 0.103 e. The van der Waals surface area contributed by atoms with E-state index >= 15 is 0 Å². The van der Waals surface area contributed by atoms with Crippen LogP contribution in [-0.2, 0) is 5.41 Å². The Kier molecular flexibility index (Phi) is 8.04. The van der Waals surface area contributed by atoms with Crippen LogP contribution in [0.2, 0.25) is 0 Å². The Morgan fingerprint density at radius 1 is 0.659 bits per heavy atom. The standard InChI is InChI=1S/C41H60/c1-8-9-24-41(30-16-12-13-17-30,33-19-18-28-14-10-11-15-29(28)25-33)38-36-26-31(39(2,3)4)20-22-34(36)35-23-21-32(27-37(35)38)40(5,6)7/h8,10-11,14-15,18-19,25,30-32,34-38H,1,9,12-13,16-17,20-24,26-27H2,2-7H3. The summed E-state index contributed by atoms with van der Waals surface area (Å²) in [6, 6.07) is 16.9. The molecule has 0 N–H and O–H groups in total. The molecule has 0 aromatic heterocycles. The van der Waals surface area contributed by atoms with Crippen molar-refractivity contribution in [2.45, 2.75) is 124 Å². The lowest BCUT2D eigenvalue weighted by Crippen LogP contribution is -2.48. The molecule has 4 saturated carbocycles. The quantitative estimate of drug-likeness (QED) is 0.313. The summed E-state index contributed by atoms with van der Waals surface area (Å²) in [4.78, 5) is 0. The molecule has 6 rings (SSSR count). The van der Waals surface area contributed by atoms with Crippen LogP contribution in [0.25, 0.3) is 10.8 Å². The predicted octanol–water partition coefficient (Wildman–Crippen LogP) is 12.0. The second-order valence-electron chi connectivity index (χ2n) is 17.3. The zero-order valence-corrected chi connectivity index (χ0v) is 27.4. The minimum absolute atomic E-state index is 0.274. The molecule has 0 heterocycles. The number of benzene rings is 2. The molecule has 224 valence electrons. The average Bonchev–Trinajstić information content (AvgIpc) is 3.60. The highest BCUT2D eigenvalue weighted by atomic mass is 14.7.